The number of hydrogen-bond donors (Lipinski definition) is 4. The van der Waals surface area contributed by atoms with Crippen LogP contribution in [0.25, 0.3) is 0 Å². The van der Waals surface area contributed by atoms with E-state index in [1.54, 1.807) is 12.1 Å². The minimum Gasteiger partial charge on any atom is -0.744 e. The van der Waals surface area contributed by atoms with Crippen molar-refractivity contribution < 1.29 is 63.3 Å². The van der Waals surface area contributed by atoms with Gasteiger partial charge in [-0.3, -0.25) is 18.7 Å². The van der Waals surface area contributed by atoms with Gasteiger partial charge in [0.25, 0.3) is 20.2 Å². The summed E-state index contributed by atoms with van der Waals surface area (Å²) in [6.07, 6.45) is 9.03. The van der Waals surface area contributed by atoms with Crippen LogP contribution in [0.1, 0.15) is 96.1 Å². The van der Waals surface area contributed by atoms with E-state index in [2.05, 4.69) is 0 Å². The first kappa shape index (κ1) is 43.8. The van der Waals surface area contributed by atoms with Crippen molar-refractivity contribution in [3.63, 3.8) is 0 Å². The van der Waals surface area contributed by atoms with Crippen molar-refractivity contribution in [2.75, 3.05) is 23.7 Å². The van der Waals surface area contributed by atoms with E-state index in [4.69, 9.17) is 10.2 Å². The van der Waals surface area contributed by atoms with Gasteiger partial charge in [0.15, 0.2) is 5.71 Å². The maximum absolute atomic E-state index is 12.3. The minimum atomic E-state index is -4.76. The number of rotatable bonds is 20. The number of allylic oxidation sites excluding steroid dienone is 4. The molecule has 2 aromatic carbocycles. The highest BCUT2D eigenvalue weighted by molar-refractivity contribution is 7.86. The molecule has 0 amide bonds. The normalized spacial score (nSPS) is 19.0. The average molecular weight is 825 g/mol. The smallest absolute Gasteiger partial charge is 0.303 e. The molecule has 0 saturated carbocycles. The Morgan fingerprint density at radius 3 is 1.98 bits per heavy atom. The second-order valence-electron chi connectivity index (χ2n) is 14.6. The van der Waals surface area contributed by atoms with Crippen LogP contribution in [0, 0.1) is 0 Å². The van der Waals surface area contributed by atoms with Gasteiger partial charge < -0.3 is 19.7 Å². The molecular weight excluding hydrogens is 777 g/mol. The fourth-order valence-corrected chi connectivity index (χ4v) is 9.03. The Labute approximate surface area is 322 Å². The van der Waals surface area contributed by atoms with Gasteiger partial charge in [-0.1, -0.05) is 18.9 Å². The molecule has 0 saturated heterocycles. The Morgan fingerprint density at radius 1 is 0.800 bits per heavy atom. The molecule has 0 aromatic heterocycles. The molecule has 2 aliphatic rings. The molecule has 0 aliphatic carbocycles. The van der Waals surface area contributed by atoms with Gasteiger partial charge in [0, 0.05) is 60.3 Å². The zero-order chi connectivity index (χ0) is 41.0. The lowest BCUT2D eigenvalue weighted by atomic mass is 9.77. The van der Waals surface area contributed by atoms with Crippen LogP contribution >= 0.6 is 0 Å². The number of carboxylic acids is 2. The lowest BCUT2D eigenvalue weighted by Gasteiger charge is -2.30. The third kappa shape index (κ3) is 10.7. The number of nitrogens with zero attached hydrogens (tertiary/aromatic N) is 2. The third-order valence-electron chi connectivity index (χ3n) is 10.3. The van der Waals surface area contributed by atoms with Crippen molar-refractivity contribution in [2.24, 2.45) is 0 Å². The first-order valence-electron chi connectivity index (χ1n) is 17.9. The Hall–Kier alpha value is -3.94. The number of unbranched alkanes of at least 4 members (excludes halogenated alkanes) is 4. The first-order valence-corrected chi connectivity index (χ1v) is 22.3. The van der Waals surface area contributed by atoms with E-state index in [0.29, 0.717) is 79.7 Å². The second kappa shape index (κ2) is 17.1. The van der Waals surface area contributed by atoms with Crippen molar-refractivity contribution in [2.45, 2.75) is 106 Å². The molecule has 302 valence electrons. The maximum atomic E-state index is 12.3. The van der Waals surface area contributed by atoms with E-state index in [1.165, 1.54) is 30.3 Å². The fourth-order valence-electron chi connectivity index (χ4n) is 7.54. The largest absolute Gasteiger partial charge is 0.744 e. The van der Waals surface area contributed by atoms with Crippen molar-refractivity contribution in [1.29, 1.82) is 0 Å². The molecule has 2 heterocycles. The first-order chi connectivity index (χ1) is 25.5. The van der Waals surface area contributed by atoms with Crippen LogP contribution in [0.15, 0.2) is 70.1 Å². The van der Waals surface area contributed by atoms with Gasteiger partial charge in [-0.15, -0.1) is 0 Å². The van der Waals surface area contributed by atoms with Gasteiger partial charge >= 0.3 is 11.9 Å². The van der Waals surface area contributed by atoms with Crippen LogP contribution in [-0.4, -0.2) is 90.2 Å². The molecule has 1 atom stereocenters. The standard InChI is InChI=1S/C37H48N2O13S3/c1-36(2)28-24-26(54(47,48)49)16-18-30(28)38(21-9-5-7-15-35(42)43)32(36)12-10-13-33-37(3,20-8-4-6-14-34(40)41)29-25-27(55(50,51)52)17-19-31(29)39(33)22-11-23-53(44,45)46/h10,12-13,16-19,24-25H,4-9,11,14-15,20-23H2,1-3H3,(H4-,40,41,42,43,44,45,46,47,48,49,50,51,52). The molecule has 18 heteroatoms. The molecule has 2 aromatic rings. The topological polar surface area (TPSA) is 247 Å². The van der Waals surface area contributed by atoms with Gasteiger partial charge in [0.05, 0.1) is 21.0 Å². The Morgan fingerprint density at radius 2 is 1.40 bits per heavy atom. The van der Waals surface area contributed by atoms with Crippen molar-refractivity contribution in [3.8, 4) is 0 Å². The SMILES string of the molecule is CC1(C)C(/C=C/C=C2\N(CCCS(=O)(=O)O)c3ccc(S(=O)(=O)O)cc3C2(C)CCCCCC(=O)O)=[N+](CCCCCC(=O)O)c2ccc(S(=O)(=O)[O-])cc21. The summed E-state index contributed by atoms with van der Waals surface area (Å²) in [7, 11) is -13.7. The molecule has 1 unspecified atom stereocenters. The lowest BCUT2D eigenvalue weighted by Crippen LogP contribution is -2.30. The summed E-state index contributed by atoms with van der Waals surface area (Å²) >= 11 is 0. The molecule has 0 spiro atoms. The summed E-state index contributed by atoms with van der Waals surface area (Å²) < 4.78 is 105. The van der Waals surface area contributed by atoms with Crippen LogP contribution < -0.4 is 4.90 Å². The minimum absolute atomic E-state index is 0.00833. The number of hydrogen-bond acceptors (Lipinski definition) is 10. The van der Waals surface area contributed by atoms with Gasteiger partial charge in [0.2, 0.25) is 5.69 Å². The summed E-state index contributed by atoms with van der Waals surface area (Å²) in [6, 6.07) is 8.35. The van der Waals surface area contributed by atoms with Crippen LogP contribution in [0.4, 0.5) is 11.4 Å². The number of aliphatic carboxylic acids is 2. The van der Waals surface area contributed by atoms with Crippen LogP contribution in [0.5, 0.6) is 0 Å². The van der Waals surface area contributed by atoms with Crippen LogP contribution in [0.3, 0.4) is 0 Å². The summed E-state index contributed by atoms with van der Waals surface area (Å²) in [5, 5.41) is 18.2. The summed E-state index contributed by atoms with van der Waals surface area (Å²) in [6.45, 7) is 6.21. The van der Waals surface area contributed by atoms with E-state index >= 15 is 0 Å². The average Bonchev–Trinajstić information content (AvgIpc) is 3.42. The van der Waals surface area contributed by atoms with Crippen LogP contribution in [0.2, 0.25) is 0 Å². The fraction of sp³-hybridized carbons (Fsp3) is 0.486. The van der Waals surface area contributed by atoms with Gasteiger partial charge in [-0.2, -0.15) is 21.4 Å². The Kier molecular flexibility index (Phi) is 13.6. The molecule has 4 rings (SSSR count). The van der Waals surface area contributed by atoms with E-state index < -0.39 is 58.9 Å². The lowest BCUT2D eigenvalue weighted by molar-refractivity contribution is -0.438. The van der Waals surface area contributed by atoms with Crippen molar-refractivity contribution in [1.82, 2.24) is 0 Å². The summed E-state index contributed by atoms with van der Waals surface area (Å²) in [4.78, 5) is 23.3. The number of anilines is 1. The van der Waals surface area contributed by atoms with Gasteiger partial charge in [-0.25, -0.2) is 8.42 Å². The number of fused-ring (bicyclic) bond motifs is 2. The van der Waals surface area contributed by atoms with Gasteiger partial charge in [-0.05, 0) is 94.8 Å². The van der Waals surface area contributed by atoms with E-state index in [0.717, 1.165) is 5.71 Å². The zero-order valence-electron chi connectivity index (χ0n) is 31.0. The van der Waals surface area contributed by atoms with E-state index in [-0.39, 0.29) is 35.6 Å². The van der Waals surface area contributed by atoms with Gasteiger partial charge in [0.1, 0.15) is 16.7 Å². The van der Waals surface area contributed by atoms with Crippen molar-refractivity contribution >= 4 is 59.4 Å². The second-order valence-corrected chi connectivity index (χ2v) is 19.0. The molecular formula is C37H48N2O13S3. The zero-order valence-corrected chi connectivity index (χ0v) is 33.4. The number of carboxylic acid groups (broad SMARTS) is 2. The quantitative estimate of drug-likeness (QED) is 0.0743. The molecule has 15 nitrogen and oxygen atoms in total. The van der Waals surface area contributed by atoms with E-state index in [1.807, 2.05) is 42.4 Å². The molecule has 4 N–H and O–H groups in total. The highest BCUT2D eigenvalue weighted by atomic mass is 32.2. The monoisotopic (exact) mass is 824 g/mol. The number of carbonyl (C=O) groups is 2. The summed E-state index contributed by atoms with van der Waals surface area (Å²) in [5.74, 6) is -2.37. The predicted molar refractivity (Wildman–Crippen MR) is 203 cm³/mol. The predicted octanol–water partition coefficient (Wildman–Crippen LogP) is 5.39. The Balaban J connectivity index is 1.84. The molecule has 55 heavy (non-hydrogen) atoms. The molecule has 0 bridgehead atoms. The van der Waals surface area contributed by atoms with Crippen LogP contribution in [-0.2, 0) is 50.8 Å². The highest BCUT2D eigenvalue weighted by Crippen LogP contribution is 2.51. The third-order valence-corrected chi connectivity index (χ3v) is 12.8. The molecule has 0 fully saturated rings. The Bertz CT molecular complexity index is 2240. The molecule has 2 aliphatic heterocycles. The highest BCUT2D eigenvalue weighted by Gasteiger charge is 2.46. The van der Waals surface area contributed by atoms with E-state index in [9.17, 15) is 48.5 Å². The summed E-state index contributed by atoms with van der Waals surface area (Å²) in [5.41, 5.74) is 2.07. The number of benzene rings is 2. The molecule has 0 radical (unpaired) electrons. The maximum Gasteiger partial charge on any atom is 0.303 e. The van der Waals surface area contributed by atoms with Crippen molar-refractivity contribution in [3.05, 3.63) is 71.5 Å².